The van der Waals surface area contributed by atoms with Crippen molar-refractivity contribution in [3.05, 3.63) is 16.1 Å². The van der Waals surface area contributed by atoms with Crippen molar-refractivity contribution in [1.29, 1.82) is 5.26 Å². The fourth-order valence-corrected chi connectivity index (χ4v) is 2.28. The van der Waals surface area contributed by atoms with Gasteiger partial charge in [-0.3, -0.25) is 0 Å². The van der Waals surface area contributed by atoms with Crippen molar-refractivity contribution in [2.24, 2.45) is 5.41 Å². The van der Waals surface area contributed by atoms with Crippen molar-refractivity contribution in [2.45, 2.75) is 40.0 Å². The van der Waals surface area contributed by atoms with Crippen LogP contribution < -0.4 is 0 Å². The Morgan fingerprint density at radius 3 is 2.86 bits per heavy atom. The highest BCUT2D eigenvalue weighted by atomic mass is 32.1. The summed E-state index contributed by atoms with van der Waals surface area (Å²) < 4.78 is 0. The summed E-state index contributed by atoms with van der Waals surface area (Å²) in [6.45, 7) is 6.06. The van der Waals surface area contributed by atoms with Gasteiger partial charge >= 0.3 is 0 Å². The third kappa shape index (κ3) is 3.12. The number of hydrogen-bond acceptors (Lipinski definition) is 3. The first-order valence-corrected chi connectivity index (χ1v) is 5.80. The minimum absolute atomic E-state index is 0.290. The van der Waals surface area contributed by atoms with Crippen LogP contribution >= 0.6 is 11.3 Å². The average molecular weight is 208 g/mol. The third-order valence-corrected chi connectivity index (χ3v) is 2.90. The van der Waals surface area contributed by atoms with Crippen molar-refractivity contribution in [3.8, 4) is 6.07 Å². The molecule has 0 N–H and O–H groups in total. The molecule has 0 aromatic carbocycles. The summed E-state index contributed by atoms with van der Waals surface area (Å²) in [6.07, 6.45) is 2.94. The van der Waals surface area contributed by atoms with Crippen LogP contribution in [0.5, 0.6) is 0 Å². The van der Waals surface area contributed by atoms with Gasteiger partial charge in [0.05, 0.1) is 22.2 Å². The number of hydrogen-bond donors (Lipinski definition) is 0. The van der Waals surface area contributed by atoms with Gasteiger partial charge in [-0.25, -0.2) is 4.98 Å². The molecule has 0 aliphatic heterocycles. The Balaban J connectivity index is 2.65. The summed E-state index contributed by atoms with van der Waals surface area (Å²) >= 11 is 1.67. The SMILES string of the molecule is CCCc1csc(CC(C)(C)C#N)n1. The van der Waals surface area contributed by atoms with Crippen LogP contribution in [0.1, 0.15) is 37.9 Å². The predicted molar refractivity (Wildman–Crippen MR) is 59.2 cm³/mol. The molecule has 0 spiro atoms. The van der Waals surface area contributed by atoms with Gasteiger partial charge in [0.1, 0.15) is 0 Å². The van der Waals surface area contributed by atoms with Crippen LogP contribution in [0.15, 0.2) is 5.38 Å². The summed E-state index contributed by atoms with van der Waals surface area (Å²) in [6, 6.07) is 2.30. The van der Waals surface area contributed by atoms with Gasteiger partial charge in [0.2, 0.25) is 0 Å². The monoisotopic (exact) mass is 208 g/mol. The molecule has 0 bridgehead atoms. The van der Waals surface area contributed by atoms with E-state index in [9.17, 15) is 0 Å². The summed E-state index contributed by atoms with van der Waals surface area (Å²) in [5.74, 6) is 0. The summed E-state index contributed by atoms with van der Waals surface area (Å²) in [7, 11) is 0. The highest BCUT2D eigenvalue weighted by Crippen LogP contribution is 2.23. The lowest BCUT2D eigenvalue weighted by Crippen LogP contribution is -2.11. The molecule has 0 unspecified atom stereocenters. The minimum Gasteiger partial charge on any atom is -0.246 e. The van der Waals surface area contributed by atoms with Crippen LogP contribution in [0.3, 0.4) is 0 Å². The second-order valence-corrected chi connectivity index (χ2v) is 5.10. The van der Waals surface area contributed by atoms with Crippen LogP contribution in [0.4, 0.5) is 0 Å². The van der Waals surface area contributed by atoms with Gasteiger partial charge in [-0.15, -0.1) is 11.3 Å². The van der Waals surface area contributed by atoms with E-state index in [1.165, 1.54) is 5.69 Å². The Bertz CT molecular complexity index is 333. The van der Waals surface area contributed by atoms with Crippen molar-refractivity contribution in [3.63, 3.8) is 0 Å². The van der Waals surface area contributed by atoms with Crippen LogP contribution in [0.2, 0.25) is 0 Å². The Hall–Kier alpha value is -0.880. The van der Waals surface area contributed by atoms with E-state index in [0.717, 1.165) is 24.3 Å². The van der Waals surface area contributed by atoms with Gasteiger partial charge in [0.15, 0.2) is 0 Å². The highest BCUT2D eigenvalue weighted by molar-refractivity contribution is 7.09. The van der Waals surface area contributed by atoms with Crippen molar-refractivity contribution in [2.75, 3.05) is 0 Å². The van der Waals surface area contributed by atoms with Crippen LogP contribution in [-0.4, -0.2) is 4.98 Å². The Morgan fingerprint density at radius 1 is 1.57 bits per heavy atom. The molecule has 0 radical (unpaired) electrons. The smallest absolute Gasteiger partial charge is 0.0943 e. The van der Waals surface area contributed by atoms with Crippen LogP contribution in [0.25, 0.3) is 0 Å². The van der Waals surface area contributed by atoms with E-state index in [2.05, 4.69) is 23.4 Å². The fraction of sp³-hybridized carbons (Fsp3) is 0.636. The number of nitrogens with zero attached hydrogens (tertiary/aromatic N) is 2. The minimum atomic E-state index is -0.290. The van der Waals surface area contributed by atoms with E-state index in [0.29, 0.717) is 0 Å². The van der Waals surface area contributed by atoms with Crippen molar-refractivity contribution >= 4 is 11.3 Å². The second kappa shape index (κ2) is 4.56. The average Bonchev–Trinajstić information content (AvgIpc) is 2.53. The van der Waals surface area contributed by atoms with Crippen LogP contribution in [0, 0.1) is 16.7 Å². The van der Waals surface area contributed by atoms with Gasteiger partial charge in [-0.05, 0) is 20.3 Å². The second-order valence-electron chi connectivity index (χ2n) is 4.16. The maximum Gasteiger partial charge on any atom is 0.0943 e. The first kappa shape index (κ1) is 11.2. The maximum atomic E-state index is 8.89. The molecule has 0 saturated heterocycles. The molecular weight excluding hydrogens is 192 g/mol. The first-order chi connectivity index (χ1) is 6.57. The van der Waals surface area contributed by atoms with Gasteiger partial charge < -0.3 is 0 Å². The van der Waals surface area contributed by atoms with Gasteiger partial charge in [-0.1, -0.05) is 13.3 Å². The Morgan fingerprint density at radius 2 is 2.29 bits per heavy atom. The van der Waals surface area contributed by atoms with E-state index in [1.807, 2.05) is 13.8 Å². The normalized spacial score (nSPS) is 11.3. The molecule has 76 valence electrons. The van der Waals surface area contributed by atoms with E-state index >= 15 is 0 Å². The Kier molecular flexibility index (Phi) is 3.65. The van der Waals surface area contributed by atoms with Crippen molar-refractivity contribution < 1.29 is 0 Å². The summed E-state index contributed by atoms with van der Waals surface area (Å²) in [5, 5.41) is 12.1. The molecule has 14 heavy (non-hydrogen) atoms. The molecule has 0 saturated carbocycles. The summed E-state index contributed by atoms with van der Waals surface area (Å²) in [5.41, 5.74) is 0.877. The lowest BCUT2D eigenvalue weighted by Gasteiger charge is -2.11. The molecule has 0 fully saturated rings. The molecule has 3 heteroatoms. The Labute approximate surface area is 89.6 Å². The zero-order valence-corrected chi connectivity index (χ0v) is 9.82. The molecule has 1 aromatic heterocycles. The molecule has 0 atom stereocenters. The summed E-state index contributed by atoms with van der Waals surface area (Å²) in [4.78, 5) is 4.50. The molecule has 2 nitrogen and oxygen atoms in total. The highest BCUT2D eigenvalue weighted by Gasteiger charge is 2.19. The number of aromatic nitrogens is 1. The van der Waals surface area contributed by atoms with Crippen LogP contribution in [-0.2, 0) is 12.8 Å². The molecule has 1 aromatic rings. The molecule has 0 amide bonds. The zero-order chi connectivity index (χ0) is 10.6. The van der Waals surface area contributed by atoms with Crippen molar-refractivity contribution in [1.82, 2.24) is 4.98 Å². The van der Waals surface area contributed by atoms with Gasteiger partial charge in [-0.2, -0.15) is 5.26 Å². The lowest BCUT2D eigenvalue weighted by molar-refractivity contribution is 0.491. The molecular formula is C11H16N2S. The molecule has 1 rings (SSSR count). The number of thiazole rings is 1. The van der Waals surface area contributed by atoms with E-state index in [1.54, 1.807) is 11.3 Å². The van der Waals surface area contributed by atoms with Gasteiger partial charge in [0.25, 0.3) is 0 Å². The predicted octanol–water partition coefficient (Wildman–Crippen LogP) is 3.19. The standard InChI is InChI=1S/C11H16N2S/c1-4-5-9-7-14-10(13-9)6-11(2,3)8-12/h7H,4-6H2,1-3H3. The van der Waals surface area contributed by atoms with E-state index in [-0.39, 0.29) is 5.41 Å². The zero-order valence-electron chi connectivity index (χ0n) is 9.00. The largest absolute Gasteiger partial charge is 0.246 e. The number of nitriles is 1. The van der Waals surface area contributed by atoms with Gasteiger partial charge in [0, 0.05) is 11.8 Å². The lowest BCUT2D eigenvalue weighted by atomic mass is 9.92. The quantitative estimate of drug-likeness (QED) is 0.762. The topological polar surface area (TPSA) is 36.7 Å². The fourth-order valence-electron chi connectivity index (χ4n) is 1.22. The number of aryl methyl sites for hydroxylation is 1. The molecule has 0 aliphatic carbocycles. The van der Waals surface area contributed by atoms with E-state index in [4.69, 9.17) is 5.26 Å². The third-order valence-electron chi connectivity index (χ3n) is 2.00. The number of rotatable bonds is 4. The molecule has 0 aliphatic rings. The van der Waals surface area contributed by atoms with E-state index < -0.39 is 0 Å². The maximum absolute atomic E-state index is 8.89. The molecule has 1 heterocycles. The first-order valence-electron chi connectivity index (χ1n) is 4.92.